The van der Waals surface area contributed by atoms with Crippen LogP contribution >= 0.6 is 11.6 Å². The van der Waals surface area contributed by atoms with Crippen molar-refractivity contribution in [3.05, 3.63) is 16.7 Å². The Labute approximate surface area is 86.6 Å². The van der Waals surface area contributed by atoms with Crippen molar-refractivity contribution in [2.45, 2.75) is 6.61 Å². The van der Waals surface area contributed by atoms with Gasteiger partial charge in [0.25, 0.3) is 0 Å². The lowest BCUT2D eigenvalue weighted by atomic mass is 10.2. The summed E-state index contributed by atoms with van der Waals surface area (Å²) in [6.07, 6.45) is 0. The van der Waals surface area contributed by atoms with E-state index in [1.165, 1.54) is 20.3 Å². The molecule has 1 aromatic rings. The number of phenolic OH excluding ortho intramolecular Hbond substituents is 1. The molecule has 4 nitrogen and oxygen atoms in total. The quantitative estimate of drug-likeness (QED) is 0.808. The van der Waals surface area contributed by atoms with Crippen LogP contribution in [0, 0.1) is 0 Å². The fourth-order valence-corrected chi connectivity index (χ4v) is 1.39. The van der Waals surface area contributed by atoms with Crippen molar-refractivity contribution in [3.8, 4) is 17.2 Å². The summed E-state index contributed by atoms with van der Waals surface area (Å²) in [5.41, 5.74) is 0.443. The second kappa shape index (κ2) is 4.39. The van der Waals surface area contributed by atoms with Crippen LogP contribution in [0.4, 0.5) is 0 Å². The Morgan fingerprint density at radius 1 is 1.36 bits per heavy atom. The molecule has 1 rings (SSSR count). The van der Waals surface area contributed by atoms with Gasteiger partial charge in [-0.05, 0) is 6.07 Å². The first-order chi connectivity index (χ1) is 6.65. The average molecular weight is 219 g/mol. The van der Waals surface area contributed by atoms with Crippen LogP contribution in [0.5, 0.6) is 17.2 Å². The highest BCUT2D eigenvalue weighted by Crippen LogP contribution is 2.43. The van der Waals surface area contributed by atoms with E-state index in [0.717, 1.165) is 0 Å². The van der Waals surface area contributed by atoms with Crippen molar-refractivity contribution < 1.29 is 19.7 Å². The smallest absolute Gasteiger partial charge is 0.202 e. The number of aromatic hydroxyl groups is 1. The van der Waals surface area contributed by atoms with Gasteiger partial charge >= 0.3 is 0 Å². The molecule has 0 saturated heterocycles. The highest BCUT2D eigenvalue weighted by molar-refractivity contribution is 6.33. The van der Waals surface area contributed by atoms with E-state index in [0.29, 0.717) is 5.56 Å². The van der Waals surface area contributed by atoms with Crippen LogP contribution in [0.1, 0.15) is 5.56 Å². The summed E-state index contributed by atoms with van der Waals surface area (Å²) in [4.78, 5) is 0. The Kier molecular flexibility index (Phi) is 3.43. The number of phenols is 1. The molecule has 0 aliphatic rings. The number of methoxy groups -OCH3 is 2. The van der Waals surface area contributed by atoms with Crippen LogP contribution in [-0.2, 0) is 6.61 Å². The first-order valence-corrected chi connectivity index (χ1v) is 4.26. The molecule has 0 heterocycles. The summed E-state index contributed by atoms with van der Waals surface area (Å²) >= 11 is 5.84. The number of rotatable bonds is 3. The number of ether oxygens (including phenoxy) is 2. The zero-order valence-electron chi connectivity index (χ0n) is 7.87. The fourth-order valence-electron chi connectivity index (χ4n) is 1.11. The largest absolute Gasteiger partial charge is 0.502 e. The molecule has 0 aliphatic carbocycles. The third-order valence-electron chi connectivity index (χ3n) is 1.83. The van der Waals surface area contributed by atoms with Gasteiger partial charge in [-0.1, -0.05) is 11.6 Å². The Morgan fingerprint density at radius 3 is 2.43 bits per heavy atom. The zero-order chi connectivity index (χ0) is 10.7. The molecule has 78 valence electrons. The molecule has 1 aromatic carbocycles. The molecule has 2 N–H and O–H groups in total. The Balaban J connectivity index is 3.39. The molecule has 0 fully saturated rings. The number of hydrogen-bond donors (Lipinski definition) is 2. The lowest BCUT2D eigenvalue weighted by Gasteiger charge is -2.12. The first kappa shape index (κ1) is 10.9. The van der Waals surface area contributed by atoms with Gasteiger partial charge in [0.05, 0.1) is 25.8 Å². The predicted octanol–water partition coefficient (Wildman–Crippen LogP) is 1.56. The van der Waals surface area contributed by atoms with Crippen molar-refractivity contribution in [1.82, 2.24) is 0 Å². The molecule has 0 amide bonds. The van der Waals surface area contributed by atoms with Crippen molar-refractivity contribution in [2.75, 3.05) is 14.2 Å². The Morgan fingerprint density at radius 2 is 2.00 bits per heavy atom. The van der Waals surface area contributed by atoms with E-state index in [4.69, 9.17) is 26.2 Å². The molecule has 14 heavy (non-hydrogen) atoms. The molecule has 0 radical (unpaired) electrons. The molecule has 0 unspecified atom stereocenters. The van der Waals surface area contributed by atoms with Crippen molar-refractivity contribution in [1.29, 1.82) is 0 Å². The minimum absolute atomic E-state index is 0.107. The van der Waals surface area contributed by atoms with Crippen molar-refractivity contribution in [3.63, 3.8) is 0 Å². The van der Waals surface area contributed by atoms with Gasteiger partial charge in [-0.3, -0.25) is 0 Å². The highest BCUT2D eigenvalue weighted by Gasteiger charge is 2.16. The third kappa shape index (κ3) is 1.71. The molecule has 0 atom stereocenters. The SMILES string of the molecule is COc1cc(CO)c(Cl)c(OC)c1O. The lowest BCUT2D eigenvalue weighted by molar-refractivity contribution is 0.278. The van der Waals surface area contributed by atoms with Gasteiger partial charge < -0.3 is 19.7 Å². The molecular formula is C9H11ClO4. The molecule has 5 heteroatoms. The number of hydrogen-bond acceptors (Lipinski definition) is 4. The van der Waals surface area contributed by atoms with Gasteiger partial charge in [0, 0.05) is 5.56 Å². The summed E-state index contributed by atoms with van der Waals surface area (Å²) in [5, 5.41) is 18.7. The van der Waals surface area contributed by atoms with Crippen molar-refractivity contribution >= 4 is 11.6 Å². The van der Waals surface area contributed by atoms with Gasteiger partial charge in [-0.25, -0.2) is 0 Å². The second-order valence-corrected chi connectivity index (χ2v) is 2.97. The number of benzene rings is 1. The van der Waals surface area contributed by atoms with E-state index < -0.39 is 0 Å². The molecule has 0 spiro atoms. The van der Waals surface area contributed by atoms with Gasteiger partial charge in [-0.2, -0.15) is 0 Å². The van der Waals surface area contributed by atoms with E-state index in [2.05, 4.69) is 0 Å². The van der Waals surface area contributed by atoms with Gasteiger partial charge in [0.1, 0.15) is 0 Å². The van der Waals surface area contributed by atoms with Crippen LogP contribution in [0.2, 0.25) is 5.02 Å². The number of halogens is 1. The molecule has 0 bridgehead atoms. The van der Waals surface area contributed by atoms with E-state index in [-0.39, 0.29) is 28.9 Å². The van der Waals surface area contributed by atoms with E-state index in [1.54, 1.807) is 0 Å². The maximum atomic E-state index is 9.57. The lowest BCUT2D eigenvalue weighted by Crippen LogP contribution is -1.94. The standard InChI is InChI=1S/C9H11ClO4/c1-13-6-3-5(4-11)7(10)9(14-2)8(6)12/h3,11-12H,4H2,1-2H3. The molecule has 0 aromatic heterocycles. The summed E-state index contributed by atoms with van der Waals surface area (Å²) in [7, 11) is 2.78. The van der Waals surface area contributed by atoms with Crippen LogP contribution < -0.4 is 9.47 Å². The summed E-state index contributed by atoms with van der Waals surface area (Å²) < 4.78 is 9.77. The average Bonchev–Trinajstić information content (AvgIpc) is 2.19. The minimum Gasteiger partial charge on any atom is -0.502 e. The minimum atomic E-state index is -0.244. The summed E-state index contributed by atoms with van der Waals surface area (Å²) in [5.74, 6) is 0.155. The first-order valence-electron chi connectivity index (χ1n) is 3.88. The van der Waals surface area contributed by atoms with E-state index in [9.17, 15) is 5.11 Å². The fraction of sp³-hybridized carbons (Fsp3) is 0.333. The maximum absolute atomic E-state index is 9.57. The topological polar surface area (TPSA) is 58.9 Å². The van der Waals surface area contributed by atoms with Crippen molar-refractivity contribution in [2.24, 2.45) is 0 Å². The summed E-state index contributed by atoms with van der Waals surface area (Å²) in [6, 6.07) is 1.46. The number of aliphatic hydroxyl groups is 1. The van der Waals surface area contributed by atoms with Gasteiger partial charge in [0.2, 0.25) is 5.75 Å². The second-order valence-electron chi connectivity index (χ2n) is 2.59. The van der Waals surface area contributed by atoms with Crippen LogP contribution in [0.15, 0.2) is 6.07 Å². The Bertz CT molecular complexity index is 310. The van der Waals surface area contributed by atoms with Crippen LogP contribution in [0.25, 0.3) is 0 Å². The monoisotopic (exact) mass is 218 g/mol. The third-order valence-corrected chi connectivity index (χ3v) is 2.24. The zero-order valence-corrected chi connectivity index (χ0v) is 8.63. The molecular weight excluding hydrogens is 208 g/mol. The van der Waals surface area contributed by atoms with Crippen LogP contribution in [-0.4, -0.2) is 24.4 Å². The van der Waals surface area contributed by atoms with Gasteiger partial charge in [0.15, 0.2) is 11.5 Å². The van der Waals surface area contributed by atoms with E-state index in [1.807, 2.05) is 0 Å². The van der Waals surface area contributed by atoms with E-state index >= 15 is 0 Å². The number of aliphatic hydroxyl groups excluding tert-OH is 1. The van der Waals surface area contributed by atoms with Crippen LogP contribution in [0.3, 0.4) is 0 Å². The summed E-state index contributed by atoms with van der Waals surface area (Å²) in [6.45, 7) is -0.244. The maximum Gasteiger partial charge on any atom is 0.202 e. The Hall–Kier alpha value is -1.13. The molecule has 0 saturated carbocycles. The normalized spacial score (nSPS) is 10.0. The van der Waals surface area contributed by atoms with Gasteiger partial charge in [-0.15, -0.1) is 0 Å². The molecule has 0 aliphatic heterocycles. The highest BCUT2D eigenvalue weighted by atomic mass is 35.5. The predicted molar refractivity (Wildman–Crippen MR) is 52.1 cm³/mol.